The third-order valence-electron chi connectivity index (χ3n) is 4.46. The summed E-state index contributed by atoms with van der Waals surface area (Å²) in [6, 6.07) is 4.98. The van der Waals surface area contributed by atoms with Gasteiger partial charge in [0.2, 0.25) is 20.0 Å². The number of benzene rings is 1. The molecule has 124 valence electrons. The number of rotatable bonds is 4. The van der Waals surface area contributed by atoms with Crippen molar-refractivity contribution >= 4 is 20.0 Å². The summed E-state index contributed by atoms with van der Waals surface area (Å²) in [5.41, 5.74) is 0. The van der Waals surface area contributed by atoms with Crippen LogP contribution in [0.4, 0.5) is 0 Å². The zero-order valence-corrected chi connectivity index (χ0v) is 14.3. The van der Waals surface area contributed by atoms with Gasteiger partial charge in [-0.25, -0.2) is 26.7 Å². The lowest BCUT2D eigenvalue weighted by Crippen LogP contribution is -2.43. The molecule has 0 spiro atoms. The fourth-order valence-electron chi connectivity index (χ4n) is 2.83. The second-order valence-electron chi connectivity index (χ2n) is 6.01. The van der Waals surface area contributed by atoms with Crippen molar-refractivity contribution in [3.63, 3.8) is 0 Å². The second kappa shape index (κ2) is 6.27. The largest absolute Gasteiger partial charge is 0.240 e. The molecule has 2 rings (SSSR count). The Bertz CT molecular complexity index is 744. The molecule has 3 atom stereocenters. The average Bonchev–Trinajstić information content (AvgIpc) is 2.43. The maximum Gasteiger partial charge on any atom is 0.240 e. The summed E-state index contributed by atoms with van der Waals surface area (Å²) in [6.45, 7) is 4.16. The highest BCUT2D eigenvalue weighted by Gasteiger charge is 2.31. The van der Waals surface area contributed by atoms with E-state index in [0.29, 0.717) is 5.92 Å². The minimum atomic E-state index is -3.93. The van der Waals surface area contributed by atoms with Crippen LogP contribution >= 0.6 is 0 Å². The van der Waals surface area contributed by atoms with Crippen LogP contribution in [0.5, 0.6) is 0 Å². The Morgan fingerprint density at radius 3 is 2.36 bits per heavy atom. The van der Waals surface area contributed by atoms with Gasteiger partial charge in [0, 0.05) is 6.04 Å². The van der Waals surface area contributed by atoms with Crippen molar-refractivity contribution in [3.8, 4) is 0 Å². The molecule has 0 aromatic heterocycles. The van der Waals surface area contributed by atoms with Gasteiger partial charge >= 0.3 is 0 Å². The molecule has 3 unspecified atom stereocenters. The molecule has 1 aromatic carbocycles. The van der Waals surface area contributed by atoms with E-state index in [9.17, 15) is 16.8 Å². The van der Waals surface area contributed by atoms with Gasteiger partial charge in [-0.2, -0.15) is 0 Å². The van der Waals surface area contributed by atoms with Gasteiger partial charge in [-0.05, 0) is 36.5 Å². The molecular weight excluding hydrogens is 324 g/mol. The van der Waals surface area contributed by atoms with Gasteiger partial charge in [0.1, 0.15) is 0 Å². The smallest absolute Gasteiger partial charge is 0.225 e. The molecule has 3 N–H and O–H groups in total. The lowest BCUT2D eigenvalue weighted by molar-refractivity contribution is 0.227. The molecule has 0 amide bonds. The molecule has 0 aliphatic heterocycles. The van der Waals surface area contributed by atoms with Crippen molar-refractivity contribution in [1.82, 2.24) is 4.72 Å². The highest BCUT2D eigenvalue weighted by Crippen LogP contribution is 2.30. The molecule has 1 saturated carbocycles. The Morgan fingerprint density at radius 1 is 1.09 bits per heavy atom. The van der Waals surface area contributed by atoms with E-state index in [-0.39, 0.29) is 21.8 Å². The molecule has 1 aliphatic rings. The average molecular weight is 346 g/mol. The standard InChI is InChI=1S/C14H22N2O4S2/c1-10-5-3-8-14(11(10)2)16-22(19,20)13-7-4-6-12(9-13)21(15,17)18/h4,6-7,9-11,14,16H,3,5,8H2,1-2H3,(H2,15,17,18). The van der Waals surface area contributed by atoms with Gasteiger partial charge in [-0.1, -0.05) is 32.8 Å². The maximum atomic E-state index is 12.5. The molecular formula is C14H22N2O4S2. The summed E-state index contributed by atoms with van der Waals surface area (Å²) < 4.78 is 50.4. The Balaban J connectivity index is 2.27. The number of hydrogen-bond donors (Lipinski definition) is 2. The van der Waals surface area contributed by atoms with Crippen molar-refractivity contribution in [2.75, 3.05) is 0 Å². The molecule has 1 aromatic rings. The zero-order valence-electron chi connectivity index (χ0n) is 12.7. The monoisotopic (exact) mass is 346 g/mol. The second-order valence-corrected chi connectivity index (χ2v) is 9.29. The highest BCUT2D eigenvalue weighted by atomic mass is 32.2. The van der Waals surface area contributed by atoms with Crippen molar-refractivity contribution < 1.29 is 16.8 Å². The fraction of sp³-hybridized carbons (Fsp3) is 0.571. The maximum absolute atomic E-state index is 12.5. The molecule has 1 aliphatic carbocycles. The molecule has 1 fully saturated rings. The lowest BCUT2D eigenvalue weighted by Gasteiger charge is -2.34. The van der Waals surface area contributed by atoms with E-state index in [4.69, 9.17) is 5.14 Å². The summed E-state index contributed by atoms with van der Waals surface area (Å²) >= 11 is 0. The van der Waals surface area contributed by atoms with Crippen molar-refractivity contribution in [3.05, 3.63) is 24.3 Å². The van der Waals surface area contributed by atoms with Crippen LogP contribution in [0, 0.1) is 11.8 Å². The van der Waals surface area contributed by atoms with E-state index < -0.39 is 20.0 Å². The fourth-order valence-corrected chi connectivity index (χ4v) is 4.88. The Labute approximate surface area is 132 Å². The van der Waals surface area contributed by atoms with Crippen LogP contribution in [0.25, 0.3) is 0 Å². The molecule has 6 nitrogen and oxygen atoms in total. The number of sulfonamides is 2. The van der Waals surface area contributed by atoms with E-state index in [1.807, 2.05) is 6.92 Å². The summed E-state index contributed by atoms with van der Waals surface area (Å²) in [5, 5.41) is 5.05. The van der Waals surface area contributed by atoms with Gasteiger partial charge in [-0.15, -0.1) is 0 Å². The first-order valence-corrected chi connectivity index (χ1v) is 10.3. The predicted octanol–water partition coefficient (Wildman–Crippen LogP) is 1.44. The first-order valence-electron chi connectivity index (χ1n) is 7.26. The zero-order chi connectivity index (χ0) is 16.5. The number of primary sulfonamides is 1. The van der Waals surface area contributed by atoms with Crippen LogP contribution < -0.4 is 9.86 Å². The van der Waals surface area contributed by atoms with Crippen LogP contribution in [0.2, 0.25) is 0 Å². The first-order chi connectivity index (χ1) is 10.1. The van der Waals surface area contributed by atoms with Crippen LogP contribution in [-0.2, 0) is 20.0 Å². The van der Waals surface area contributed by atoms with Crippen molar-refractivity contribution in [2.45, 2.75) is 48.9 Å². The van der Waals surface area contributed by atoms with E-state index >= 15 is 0 Å². The SMILES string of the molecule is CC1CCCC(NS(=O)(=O)c2cccc(S(N)(=O)=O)c2)C1C. The van der Waals surface area contributed by atoms with Gasteiger partial charge < -0.3 is 0 Å². The normalized spacial score (nSPS) is 26.8. The number of nitrogens with one attached hydrogen (secondary N) is 1. The van der Waals surface area contributed by atoms with E-state index in [2.05, 4.69) is 11.6 Å². The third-order valence-corrected chi connectivity index (χ3v) is 6.86. The van der Waals surface area contributed by atoms with Gasteiger partial charge in [0.15, 0.2) is 0 Å². The minimum Gasteiger partial charge on any atom is -0.225 e. The van der Waals surface area contributed by atoms with Gasteiger partial charge in [0.05, 0.1) is 9.79 Å². The van der Waals surface area contributed by atoms with Gasteiger partial charge in [0.25, 0.3) is 0 Å². The van der Waals surface area contributed by atoms with Gasteiger partial charge in [-0.3, -0.25) is 0 Å². The number of nitrogens with two attached hydrogens (primary N) is 1. The van der Waals surface area contributed by atoms with E-state index in [1.54, 1.807) is 0 Å². The minimum absolute atomic E-state index is 0.0792. The topological polar surface area (TPSA) is 106 Å². The summed E-state index contributed by atoms with van der Waals surface area (Å²) in [7, 11) is -7.70. The van der Waals surface area contributed by atoms with Crippen molar-refractivity contribution in [2.24, 2.45) is 17.0 Å². The van der Waals surface area contributed by atoms with Crippen LogP contribution in [0.15, 0.2) is 34.1 Å². The van der Waals surface area contributed by atoms with Crippen LogP contribution in [-0.4, -0.2) is 22.9 Å². The van der Waals surface area contributed by atoms with Crippen molar-refractivity contribution in [1.29, 1.82) is 0 Å². The quantitative estimate of drug-likeness (QED) is 0.860. The lowest BCUT2D eigenvalue weighted by atomic mass is 9.78. The Morgan fingerprint density at radius 2 is 1.73 bits per heavy atom. The summed E-state index contributed by atoms with van der Waals surface area (Å²) in [6.07, 6.45) is 2.87. The molecule has 0 heterocycles. The Kier molecular flexibility index (Phi) is 4.96. The molecule has 0 saturated heterocycles. The van der Waals surface area contributed by atoms with Crippen LogP contribution in [0.1, 0.15) is 33.1 Å². The van der Waals surface area contributed by atoms with Crippen LogP contribution in [0.3, 0.4) is 0 Å². The Hall–Kier alpha value is -0.960. The summed E-state index contributed by atoms with van der Waals surface area (Å²) in [4.78, 5) is -0.287. The number of hydrogen-bond acceptors (Lipinski definition) is 4. The molecule has 22 heavy (non-hydrogen) atoms. The highest BCUT2D eigenvalue weighted by molar-refractivity contribution is 7.90. The van der Waals surface area contributed by atoms with E-state index in [1.165, 1.54) is 18.2 Å². The third kappa shape index (κ3) is 3.87. The first kappa shape index (κ1) is 17.4. The molecule has 0 bridgehead atoms. The predicted molar refractivity (Wildman–Crippen MR) is 84.1 cm³/mol. The summed E-state index contributed by atoms with van der Waals surface area (Å²) in [5.74, 6) is 0.696. The molecule has 8 heteroatoms. The van der Waals surface area contributed by atoms with E-state index in [0.717, 1.165) is 25.3 Å². The molecule has 0 radical (unpaired) electrons.